The Labute approximate surface area is 150 Å². The van der Waals surface area contributed by atoms with Crippen LogP contribution in [0.4, 0.5) is 0 Å². The average molecular weight is 340 g/mol. The van der Waals surface area contributed by atoms with Crippen molar-refractivity contribution in [3.05, 3.63) is 65.2 Å². The first-order chi connectivity index (χ1) is 12.0. The summed E-state index contributed by atoms with van der Waals surface area (Å²) in [5.41, 5.74) is 3.59. The van der Waals surface area contributed by atoms with Crippen molar-refractivity contribution in [2.45, 2.75) is 32.9 Å². The number of aryl methyl sites for hydroxylation is 1. The monoisotopic (exact) mass is 340 g/mol. The summed E-state index contributed by atoms with van der Waals surface area (Å²) in [6, 6.07) is 16.3. The highest BCUT2D eigenvalue weighted by molar-refractivity contribution is 5.78. The van der Waals surface area contributed by atoms with Crippen molar-refractivity contribution in [1.29, 1.82) is 0 Å². The third kappa shape index (κ3) is 5.91. The summed E-state index contributed by atoms with van der Waals surface area (Å²) < 4.78 is 5.16. The van der Waals surface area contributed by atoms with Gasteiger partial charge in [0.25, 0.3) is 0 Å². The Morgan fingerprint density at radius 2 is 1.68 bits per heavy atom. The lowest BCUT2D eigenvalue weighted by Crippen LogP contribution is -2.36. The van der Waals surface area contributed by atoms with Crippen LogP contribution < -0.4 is 10.1 Å². The van der Waals surface area contributed by atoms with Crippen molar-refractivity contribution in [3.8, 4) is 5.75 Å². The fourth-order valence-electron chi connectivity index (χ4n) is 2.76. The maximum atomic E-state index is 12.3. The van der Waals surface area contributed by atoms with Gasteiger partial charge in [0.2, 0.25) is 5.91 Å². The minimum atomic E-state index is 0.00722. The highest BCUT2D eigenvalue weighted by Gasteiger charge is 2.12. The van der Waals surface area contributed by atoms with Crippen molar-refractivity contribution in [2.75, 3.05) is 20.7 Å². The standard InChI is InChI=1S/C21H28N2O2/c1-5-17-6-10-19(11-7-17)16(2)22-21(24)15-23(3)14-18-8-12-20(25-4)13-9-18/h6-13,16H,5,14-15H2,1-4H3,(H,22,24)/t16-/m1/s1. The Hall–Kier alpha value is -2.33. The molecule has 4 heteroatoms. The summed E-state index contributed by atoms with van der Waals surface area (Å²) in [4.78, 5) is 14.3. The van der Waals surface area contributed by atoms with Gasteiger partial charge in [-0.2, -0.15) is 0 Å². The van der Waals surface area contributed by atoms with Crippen LogP contribution in [-0.4, -0.2) is 31.5 Å². The van der Waals surface area contributed by atoms with Crippen LogP contribution in [0.1, 0.15) is 36.6 Å². The summed E-state index contributed by atoms with van der Waals surface area (Å²) in [6.45, 7) is 5.24. The number of benzene rings is 2. The van der Waals surface area contributed by atoms with Gasteiger partial charge in [-0.25, -0.2) is 0 Å². The molecule has 2 aromatic rings. The lowest BCUT2D eigenvalue weighted by Gasteiger charge is -2.19. The smallest absolute Gasteiger partial charge is 0.234 e. The highest BCUT2D eigenvalue weighted by atomic mass is 16.5. The summed E-state index contributed by atoms with van der Waals surface area (Å²) in [5, 5.41) is 3.07. The van der Waals surface area contributed by atoms with Gasteiger partial charge in [-0.05, 0) is 49.2 Å². The van der Waals surface area contributed by atoms with Gasteiger partial charge in [-0.3, -0.25) is 9.69 Å². The van der Waals surface area contributed by atoms with E-state index in [1.165, 1.54) is 5.56 Å². The van der Waals surface area contributed by atoms with Gasteiger partial charge in [-0.15, -0.1) is 0 Å². The summed E-state index contributed by atoms with van der Waals surface area (Å²) in [7, 11) is 3.60. The first-order valence-corrected chi connectivity index (χ1v) is 8.71. The largest absolute Gasteiger partial charge is 0.497 e. The summed E-state index contributed by atoms with van der Waals surface area (Å²) in [5.74, 6) is 0.871. The van der Waals surface area contributed by atoms with Crippen LogP contribution in [0, 0.1) is 0 Å². The number of amides is 1. The van der Waals surface area contributed by atoms with Crippen molar-refractivity contribution in [3.63, 3.8) is 0 Å². The van der Waals surface area contributed by atoms with Crippen molar-refractivity contribution in [1.82, 2.24) is 10.2 Å². The molecule has 0 fully saturated rings. The number of ether oxygens (including phenoxy) is 1. The number of nitrogens with zero attached hydrogens (tertiary/aromatic N) is 1. The second kappa shape index (κ2) is 9.23. The topological polar surface area (TPSA) is 41.6 Å². The van der Waals surface area contributed by atoms with Crippen LogP contribution in [0.3, 0.4) is 0 Å². The van der Waals surface area contributed by atoms with E-state index in [2.05, 4.69) is 36.5 Å². The Morgan fingerprint density at radius 3 is 2.24 bits per heavy atom. The van der Waals surface area contributed by atoms with Gasteiger partial charge < -0.3 is 10.1 Å². The third-order valence-electron chi connectivity index (χ3n) is 4.29. The molecule has 2 aromatic carbocycles. The Morgan fingerprint density at radius 1 is 1.08 bits per heavy atom. The van der Waals surface area contributed by atoms with E-state index >= 15 is 0 Å². The number of likely N-dealkylation sites (N-methyl/N-ethyl adjacent to an activating group) is 1. The molecular weight excluding hydrogens is 312 g/mol. The van der Waals surface area contributed by atoms with Crippen molar-refractivity contribution in [2.24, 2.45) is 0 Å². The van der Waals surface area contributed by atoms with Crippen molar-refractivity contribution >= 4 is 5.91 Å². The molecule has 0 saturated heterocycles. The lowest BCUT2D eigenvalue weighted by atomic mass is 10.1. The molecule has 0 unspecified atom stereocenters. The van der Waals surface area contributed by atoms with E-state index in [4.69, 9.17) is 4.74 Å². The quantitative estimate of drug-likeness (QED) is 0.799. The molecule has 0 radical (unpaired) electrons. The molecule has 0 aliphatic rings. The zero-order chi connectivity index (χ0) is 18.2. The first-order valence-electron chi connectivity index (χ1n) is 8.71. The van der Waals surface area contributed by atoms with E-state index < -0.39 is 0 Å². The van der Waals surface area contributed by atoms with E-state index in [9.17, 15) is 4.79 Å². The summed E-state index contributed by atoms with van der Waals surface area (Å²) in [6.07, 6.45) is 1.02. The number of rotatable bonds is 8. The van der Waals surface area contributed by atoms with Crippen LogP contribution in [0.15, 0.2) is 48.5 Å². The molecule has 1 atom stereocenters. The molecule has 0 aliphatic carbocycles. The minimum Gasteiger partial charge on any atom is -0.497 e. The second-order valence-electron chi connectivity index (χ2n) is 6.40. The highest BCUT2D eigenvalue weighted by Crippen LogP contribution is 2.14. The molecule has 0 bridgehead atoms. The van der Waals surface area contributed by atoms with E-state index in [0.717, 1.165) is 29.8 Å². The van der Waals surface area contributed by atoms with Crippen molar-refractivity contribution < 1.29 is 9.53 Å². The van der Waals surface area contributed by atoms with Gasteiger partial charge >= 0.3 is 0 Å². The molecule has 134 valence electrons. The Bertz CT molecular complexity index is 665. The third-order valence-corrected chi connectivity index (χ3v) is 4.29. The fourth-order valence-corrected chi connectivity index (χ4v) is 2.76. The number of nitrogens with one attached hydrogen (secondary N) is 1. The van der Waals surface area contributed by atoms with Gasteiger partial charge in [-0.1, -0.05) is 43.3 Å². The van der Waals surface area contributed by atoms with Gasteiger partial charge in [0.1, 0.15) is 5.75 Å². The number of methoxy groups -OCH3 is 1. The Kier molecular flexibility index (Phi) is 7.02. The second-order valence-corrected chi connectivity index (χ2v) is 6.40. The van der Waals surface area contributed by atoms with Crippen LogP contribution in [0.5, 0.6) is 5.75 Å². The molecule has 0 heterocycles. The molecule has 25 heavy (non-hydrogen) atoms. The lowest BCUT2D eigenvalue weighted by molar-refractivity contribution is -0.122. The average Bonchev–Trinajstić information content (AvgIpc) is 2.62. The summed E-state index contributed by atoms with van der Waals surface area (Å²) >= 11 is 0. The first kappa shape index (κ1) is 19.0. The predicted octanol–water partition coefficient (Wildman–Crippen LogP) is 3.57. The van der Waals surface area contributed by atoms with E-state index in [0.29, 0.717) is 6.54 Å². The van der Waals surface area contributed by atoms with E-state index in [1.807, 2.05) is 43.1 Å². The SMILES string of the molecule is CCc1ccc([C@@H](C)NC(=O)CN(C)Cc2ccc(OC)cc2)cc1. The number of hydrogen-bond acceptors (Lipinski definition) is 3. The van der Waals surface area contributed by atoms with Crippen LogP contribution in [-0.2, 0) is 17.8 Å². The number of carbonyl (C=O) groups is 1. The maximum Gasteiger partial charge on any atom is 0.234 e. The molecule has 0 aliphatic heterocycles. The number of hydrogen-bond donors (Lipinski definition) is 1. The van der Waals surface area contributed by atoms with Gasteiger partial charge in [0, 0.05) is 6.54 Å². The molecule has 4 nitrogen and oxygen atoms in total. The number of carbonyl (C=O) groups excluding carboxylic acids is 1. The van der Waals surface area contributed by atoms with E-state index in [1.54, 1.807) is 7.11 Å². The molecule has 0 aromatic heterocycles. The zero-order valence-corrected chi connectivity index (χ0v) is 15.6. The van der Waals surface area contributed by atoms with Crippen LogP contribution in [0.2, 0.25) is 0 Å². The maximum absolute atomic E-state index is 12.3. The van der Waals surface area contributed by atoms with Gasteiger partial charge in [0.05, 0.1) is 19.7 Å². The van der Waals surface area contributed by atoms with E-state index in [-0.39, 0.29) is 11.9 Å². The molecule has 0 spiro atoms. The van der Waals surface area contributed by atoms with Crippen LogP contribution in [0.25, 0.3) is 0 Å². The predicted molar refractivity (Wildman–Crippen MR) is 102 cm³/mol. The Balaban J connectivity index is 1.83. The molecular formula is C21H28N2O2. The normalized spacial score (nSPS) is 12.0. The molecule has 0 saturated carbocycles. The van der Waals surface area contributed by atoms with Crippen LogP contribution >= 0.6 is 0 Å². The zero-order valence-electron chi connectivity index (χ0n) is 15.6. The molecule has 2 rings (SSSR count). The fraction of sp³-hybridized carbons (Fsp3) is 0.381. The van der Waals surface area contributed by atoms with Gasteiger partial charge in [0.15, 0.2) is 0 Å². The molecule has 1 N–H and O–H groups in total. The minimum absolute atomic E-state index is 0.00722. The molecule has 1 amide bonds.